The van der Waals surface area contributed by atoms with Crippen LogP contribution in [-0.4, -0.2) is 23.9 Å². The average molecular weight is 393 g/mol. The maximum absolute atomic E-state index is 13.1. The number of benzene rings is 1. The van der Waals surface area contributed by atoms with Crippen LogP contribution in [0.1, 0.15) is 13.3 Å². The largest absolute Gasteiger partial charge is 0.439 e. The quantitative estimate of drug-likeness (QED) is 0.595. The monoisotopic (exact) mass is 392 g/mol. The molecule has 0 fully saturated rings. The number of hydrogen-bond donors (Lipinski definition) is 2. The zero-order valence-corrected chi connectivity index (χ0v) is 12.7. The molecule has 0 saturated heterocycles. The Balaban J connectivity index is 3.35. The van der Waals surface area contributed by atoms with E-state index < -0.39 is 36.0 Å². The molecule has 22 heavy (non-hydrogen) atoms. The van der Waals surface area contributed by atoms with Crippen LogP contribution in [-0.2, 0) is 4.79 Å². The summed E-state index contributed by atoms with van der Waals surface area (Å²) in [6.45, 7) is 1.15. The molecule has 0 spiro atoms. The molecule has 0 aromatic heterocycles. The first-order valence-electron chi connectivity index (χ1n) is 5.91. The van der Waals surface area contributed by atoms with Crippen LogP contribution in [0.5, 0.6) is 0 Å². The van der Waals surface area contributed by atoms with Crippen molar-refractivity contribution in [3.8, 4) is 0 Å². The number of nitrogens with one attached hydrogen (secondary N) is 2. The van der Waals surface area contributed by atoms with Crippen molar-refractivity contribution in [1.29, 1.82) is 0 Å². The molecule has 0 aliphatic rings. The van der Waals surface area contributed by atoms with Crippen LogP contribution in [0.4, 0.5) is 32.0 Å². The fourth-order valence-corrected chi connectivity index (χ4v) is 1.79. The maximum Gasteiger partial charge on any atom is 0.439 e. The van der Waals surface area contributed by atoms with E-state index in [0.29, 0.717) is 4.47 Å². The highest BCUT2D eigenvalue weighted by molar-refractivity contribution is 9.10. The third-order valence-electron chi connectivity index (χ3n) is 2.67. The Morgan fingerprint density at radius 2 is 1.50 bits per heavy atom. The minimum absolute atomic E-state index is 0.450. The van der Waals surface area contributed by atoms with Gasteiger partial charge in [0.05, 0.1) is 0 Å². The van der Waals surface area contributed by atoms with E-state index in [4.69, 9.17) is 0 Å². The van der Waals surface area contributed by atoms with Gasteiger partial charge in [0.15, 0.2) is 0 Å². The van der Waals surface area contributed by atoms with Crippen LogP contribution in [0.2, 0.25) is 0 Å². The first-order valence-corrected chi connectivity index (χ1v) is 6.70. The van der Waals surface area contributed by atoms with Gasteiger partial charge in [-0.3, -0.25) is 4.79 Å². The van der Waals surface area contributed by atoms with Crippen molar-refractivity contribution < 1.29 is 31.1 Å². The molecular weight excluding hydrogens is 382 g/mol. The highest BCUT2D eigenvalue weighted by Crippen LogP contribution is 2.43. The molecule has 1 amide bonds. The fourth-order valence-electron chi connectivity index (χ4n) is 1.52. The van der Waals surface area contributed by atoms with E-state index in [9.17, 15) is 31.1 Å². The number of hydrogen-bond acceptors (Lipinski definition) is 2. The van der Waals surface area contributed by atoms with Gasteiger partial charge in [-0.2, -0.15) is 26.3 Å². The molecule has 0 heterocycles. The van der Waals surface area contributed by atoms with Gasteiger partial charge < -0.3 is 10.6 Å². The summed E-state index contributed by atoms with van der Waals surface area (Å²) in [6.07, 6.45) is -12.1. The lowest BCUT2D eigenvalue weighted by Gasteiger charge is -2.38. The second kappa shape index (κ2) is 6.35. The lowest BCUT2D eigenvalue weighted by Crippen LogP contribution is -2.72. The average Bonchev–Trinajstić information content (AvgIpc) is 2.37. The summed E-state index contributed by atoms with van der Waals surface area (Å²) < 4.78 is 79.2. The molecule has 3 nitrogen and oxygen atoms in total. The molecule has 124 valence electrons. The van der Waals surface area contributed by atoms with E-state index in [1.54, 1.807) is 0 Å². The van der Waals surface area contributed by atoms with Gasteiger partial charge in [-0.15, -0.1) is 0 Å². The van der Waals surface area contributed by atoms with Gasteiger partial charge >= 0.3 is 18.0 Å². The number of halogens is 7. The van der Waals surface area contributed by atoms with Crippen LogP contribution in [0.15, 0.2) is 28.7 Å². The second-order valence-electron chi connectivity index (χ2n) is 4.28. The zero-order valence-electron chi connectivity index (χ0n) is 11.1. The van der Waals surface area contributed by atoms with Gasteiger partial charge in [0.1, 0.15) is 0 Å². The van der Waals surface area contributed by atoms with E-state index >= 15 is 0 Å². The van der Waals surface area contributed by atoms with Crippen LogP contribution >= 0.6 is 15.9 Å². The Labute approximate surface area is 130 Å². The van der Waals surface area contributed by atoms with Gasteiger partial charge in [0.2, 0.25) is 5.91 Å². The zero-order chi connectivity index (χ0) is 17.2. The van der Waals surface area contributed by atoms with E-state index in [2.05, 4.69) is 15.9 Å². The highest BCUT2D eigenvalue weighted by Gasteiger charge is 2.72. The summed E-state index contributed by atoms with van der Waals surface area (Å²) in [7, 11) is 0. The van der Waals surface area contributed by atoms with Gasteiger partial charge in [0, 0.05) is 16.6 Å². The van der Waals surface area contributed by atoms with Gasteiger partial charge in [-0.05, 0) is 24.3 Å². The number of amides is 1. The molecule has 1 aromatic rings. The van der Waals surface area contributed by atoms with Crippen LogP contribution < -0.4 is 10.6 Å². The summed E-state index contributed by atoms with van der Waals surface area (Å²) >= 11 is 3.01. The topological polar surface area (TPSA) is 41.1 Å². The molecule has 10 heteroatoms. The minimum atomic E-state index is -5.80. The predicted octanol–water partition coefficient (Wildman–Crippen LogP) is 4.21. The SMILES string of the molecule is CCC(=O)NC(Nc1ccc(Br)cc1)(C(F)(F)F)C(F)(F)F. The molecule has 1 aromatic carbocycles. The fraction of sp³-hybridized carbons (Fsp3) is 0.417. The van der Waals surface area contributed by atoms with E-state index in [1.165, 1.54) is 17.4 Å². The normalized spacial score (nSPS) is 12.9. The number of rotatable bonds is 4. The van der Waals surface area contributed by atoms with E-state index in [1.807, 2.05) is 0 Å². The molecule has 0 unspecified atom stereocenters. The molecule has 0 aliphatic carbocycles. The minimum Gasteiger partial charge on any atom is -0.348 e. The van der Waals surface area contributed by atoms with Crippen molar-refractivity contribution in [3.05, 3.63) is 28.7 Å². The summed E-state index contributed by atoms with van der Waals surface area (Å²) in [6, 6.07) is 4.58. The van der Waals surface area contributed by atoms with Crippen LogP contribution in [0.3, 0.4) is 0 Å². The van der Waals surface area contributed by atoms with E-state index in [-0.39, 0.29) is 0 Å². The molecule has 0 bridgehead atoms. The molecule has 0 atom stereocenters. The van der Waals surface area contributed by atoms with Gasteiger partial charge in [0.25, 0.3) is 0 Å². The Bertz CT molecular complexity index is 512. The van der Waals surface area contributed by atoms with Crippen molar-refractivity contribution in [3.63, 3.8) is 0 Å². The van der Waals surface area contributed by atoms with Crippen molar-refractivity contribution >= 4 is 27.5 Å². The van der Waals surface area contributed by atoms with Gasteiger partial charge in [-0.1, -0.05) is 22.9 Å². The Morgan fingerprint density at radius 3 is 1.86 bits per heavy atom. The highest BCUT2D eigenvalue weighted by atomic mass is 79.9. The van der Waals surface area contributed by atoms with Gasteiger partial charge in [-0.25, -0.2) is 0 Å². The molecule has 0 radical (unpaired) electrons. The Hall–Kier alpha value is -1.45. The molecule has 2 N–H and O–H groups in total. The number of carbonyl (C=O) groups is 1. The van der Waals surface area contributed by atoms with Crippen LogP contribution in [0.25, 0.3) is 0 Å². The first-order chi connectivity index (χ1) is 9.93. The number of anilines is 1. The predicted molar refractivity (Wildman–Crippen MR) is 71.0 cm³/mol. The van der Waals surface area contributed by atoms with Crippen molar-refractivity contribution in [2.24, 2.45) is 0 Å². The van der Waals surface area contributed by atoms with Crippen molar-refractivity contribution in [1.82, 2.24) is 5.32 Å². The first kappa shape index (κ1) is 18.6. The standard InChI is InChI=1S/C12H11BrF6N2O/c1-2-9(22)21-10(11(14,15)16,12(17,18)19)20-8-5-3-7(13)4-6-8/h3-6,20H,2H2,1H3,(H,21,22). The summed E-state index contributed by atoms with van der Waals surface area (Å²) in [4.78, 5) is 11.2. The van der Waals surface area contributed by atoms with E-state index in [0.717, 1.165) is 24.4 Å². The number of carbonyl (C=O) groups excluding carboxylic acids is 1. The molecule has 0 saturated carbocycles. The number of alkyl halides is 6. The van der Waals surface area contributed by atoms with Crippen LogP contribution in [0, 0.1) is 0 Å². The second-order valence-corrected chi connectivity index (χ2v) is 5.19. The molecular formula is C12H11BrF6N2O. The summed E-state index contributed by atoms with van der Waals surface area (Å²) in [5.41, 5.74) is -5.02. The third-order valence-corrected chi connectivity index (χ3v) is 3.20. The Morgan fingerprint density at radius 1 is 1.05 bits per heavy atom. The smallest absolute Gasteiger partial charge is 0.348 e. The molecule has 0 aliphatic heterocycles. The Kier molecular flexibility index (Phi) is 5.37. The summed E-state index contributed by atoms with van der Waals surface area (Å²) in [5.74, 6) is -1.39. The molecule has 1 rings (SSSR count). The summed E-state index contributed by atoms with van der Waals surface area (Å²) in [5, 5.41) is 2.37. The third kappa shape index (κ3) is 3.84. The maximum atomic E-state index is 13.1. The lowest BCUT2D eigenvalue weighted by atomic mass is 10.1. The van der Waals surface area contributed by atoms with Crippen molar-refractivity contribution in [2.45, 2.75) is 31.4 Å². The lowest BCUT2D eigenvalue weighted by molar-refractivity contribution is -0.295. The van der Waals surface area contributed by atoms with Crippen molar-refractivity contribution in [2.75, 3.05) is 5.32 Å².